The minimum Gasteiger partial charge on any atom is -0.435 e. The number of benzene rings is 10. The maximum Gasteiger partial charge on any atom is 0.227 e. The molecular weight excluding hydrogens is 693 g/mol. The van der Waals surface area contributed by atoms with Crippen molar-refractivity contribution in [1.82, 2.24) is 9.97 Å². The zero-order chi connectivity index (χ0) is 37.5. The summed E-state index contributed by atoms with van der Waals surface area (Å²) in [6.07, 6.45) is 0. The summed E-state index contributed by atoms with van der Waals surface area (Å²) in [7, 11) is 0. The van der Waals surface area contributed by atoms with Crippen LogP contribution in [0.5, 0.6) is 0 Å². The van der Waals surface area contributed by atoms with E-state index in [-0.39, 0.29) is 0 Å². The molecule has 0 bridgehead atoms. The molecule has 57 heavy (non-hydrogen) atoms. The van der Waals surface area contributed by atoms with E-state index >= 15 is 0 Å². The van der Waals surface area contributed by atoms with E-state index in [1.165, 1.54) is 48.8 Å². The smallest absolute Gasteiger partial charge is 0.227 e. The summed E-state index contributed by atoms with van der Waals surface area (Å²) in [5, 5.41) is 12.8. The maximum atomic E-state index is 6.63. The van der Waals surface area contributed by atoms with Gasteiger partial charge in [-0.1, -0.05) is 158 Å². The SMILES string of the molecule is c1ccc2cc(-c3cc(-c4ccc(-c5nc6c7ccccc7c7ccccc7c6o5)cc4)c4cc(-c5ccc6ccccc6c5)c5ccccc5c4n3)ccc2c1. The lowest BCUT2D eigenvalue weighted by molar-refractivity contribution is 0.623. The van der Waals surface area contributed by atoms with Gasteiger partial charge in [0.05, 0.1) is 11.2 Å². The Balaban J connectivity index is 1.07. The van der Waals surface area contributed by atoms with E-state index in [1.807, 2.05) is 0 Å². The van der Waals surface area contributed by atoms with Gasteiger partial charge in [-0.25, -0.2) is 9.97 Å². The summed E-state index contributed by atoms with van der Waals surface area (Å²) < 4.78 is 6.63. The van der Waals surface area contributed by atoms with Crippen molar-refractivity contribution in [3.8, 4) is 45.0 Å². The summed E-state index contributed by atoms with van der Waals surface area (Å²) in [5.74, 6) is 0.610. The highest BCUT2D eigenvalue weighted by atomic mass is 16.3. The van der Waals surface area contributed by atoms with Crippen molar-refractivity contribution in [3.05, 3.63) is 194 Å². The fraction of sp³-hybridized carbons (Fsp3) is 0. The van der Waals surface area contributed by atoms with Gasteiger partial charge in [0.1, 0.15) is 5.52 Å². The van der Waals surface area contributed by atoms with Crippen LogP contribution in [0.3, 0.4) is 0 Å². The average Bonchev–Trinajstić information content (AvgIpc) is 3.75. The second-order valence-corrected chi connectivity index (χ2v) is 14.9. The summed E-state index contributed by atoms with van der Waals surface area (Å²) in [6.45, 7) is 0. The molecule has 2 aromatic heterocycles. The Hall–Kier alpha value is -7.62. The first-order valence-electron chi connectivity index (χ1n) is 19.4. The molecule has 3 heteroatoms. The first kappa shape index (κ1) is 31.7. The lowest BCUT2D eigenvalue weighted by atomic mass is 9.90. The molecule has 0 unspecified atom stereocenters. The third-order valence-electron chi connectivity index (χ3n) is 11.6. The van der Waals surface area contributed by atoms with Crippen molar-refractivity contribution in [1.29, 1.82) is 0 Å². The quantitative estimate of drug-likeness (QED) is 0.170. The zero-order valence-electron chi connectivity index (χ0n) is 30.8. The molecular formula is C54H32N2O. The van der Waals surface area contributed by atoms with Gasteiger partial charge in [-0.05, 0) is 96.4 Å². The Bertz CT molecular complexity index is 3510. The third kappa shape index (κ3) is 5.06. The molecule has 0 saturated heterocycles. The first-order valence-corrected chi connectivity index (χ1v) is 19.4. The molecule has 10 aromatic carbocycles. The number of hydrogen-bond donors (Lipinski definition) is 0. The Morgan fingerprint density at radius 1 is 0.298 bits per heavy atom. The van der Waals surface area contributed by atoms with Gasteiger partial charge >= 0.3 is 0 Å². The van der Waals surface area contributed by atoms with E-state index in [2.05, 4.69) is 194 Å². The summed E-state index contributed by atoms with van der Waals surface area (Å²) in [5.41, 5.74) is 10.2. The van der Waals surface area contributed by atoms with Gasteiger partial charge in [0, 0.05) is 32.7 Å². The van der Waals surface area contributed by atoms with Crippen molar-refractivity contribution < 1.29 is 4.42 Å². The van der Waals surface area contributed by atoms with Crippen molar-refractivity contribution in [2.24, 2.45) is 0 Å². The second kappa shape index (κ2) is 12.5. The number of rotatable bonds is 4. The minimum atomic E-state index is 0.610. The second-order valence-electron chi connectivity index (χ2n) is 14.9. The molecule has 2 heterocycles. The molecule has 12 rings (SSSR count). The van der Waals surface area contributed by atoms with Gasteiger partial charge in [0.25, 0.3) is 0 Å². The monoisotopic (exact) mass is 724 g/mol. The van der Waals surface area contributed by atoms with Crippen LogP contribution in [-0.2, 0) is 0 Å². The molecule has 12 aromatic rings. The highest BCUT2D eigenvalue weighted by Crippen LogP contribution is 2.42. The van der Waals surface area contributed by atoms with E-state index < -0.39 is 0 Å². The topological polar surface area (TPSA) is 38.9 Å². The lowest BCUT2D eigenvalue weighted by Crippen LogP contribution is -1.93. The maximum absolute atomic E-state index is 6.63. The molecule has 0 aliphatic heterocycles. The fourth-order valence-corrected chi connectivity index (χ4v) is 8.83. The molecule has 0 fully saturated rings. The van der Waals surface area contributed by atoms with E-state index in [0.29, 0.717) is 5.89 Å². The lowest BCUT2D eigenvalue weighted by Gasteiger charge is -2.16. The molecule has 0 atom stereocenters. The van der Waals surface area contributed by atoms with Gasteiger partial charge < -0.3 is 4.42 Å². The standard InChI is InChI=1S/C54H32N2O/c1-3-13-37-29-39(27-21-33(37)11-1)47-31-49-48(32-50(55-51(49)44-18-8-6-17-43(44)47)40-28-22-34-12-2-4-14-38(34)30-40)35-23-25-36(26-24-35)54-56-52-45-19-9-5-15-41(45)42-16-7-10-20-46(42)53(52)57-54/h1-32H. The van der Waals surface area contributed by atoms with Crippen LogP contribution in [0.4, 0.5) is 0 Å². The van der Waals surface area contributed by atoms with Gasteiger partial charge in [0.15, 0.2) is 5.58 Å². The highest BCUT2D eigenvalue weighted by Gasteiger charge is 2.19. The minimum absolute atomic E-state index is 0.610. The van der Waals surface area contributed by atoms with Crippen LogP contribution in [0.1, 0.15) is 0 Å². The number of aromatic nitrogens is 2. The molecule has 0 aliphatic rings. The predicted octanol–water partition coefficient (Wildman–Crippen LogP) is 14.8. The fourth-order valence-electron chi connectivity index (χ4n) is 8.83. The van der Waals surface area contributed by atoms with Gasteiger partial charge in [-0.2, -0.15) is 0 Å². The van der Waals surface area contributed by atoms with Crippen LogP contribution in [-0.4, -0.2) is 9.97 Å². The van der Waals surface area contributed by atoms with E-state index in [9.17, 15) is 0 Å². The summed E-state index contributed by atoms with van der Waals surface area (Å²) in [6, 6.07) is 69.3. The van der Waals surface area contributed by atoms with Crippen LogP contribution in [0.2, 0.25) is 0 Å². The Morgan fingerprint density at radius 2 is 0.789 bits per heavy atom. The van der Waals surface area contributed by atoms with Gasteiger partial charge in [-0.3, -0.25) is 0 Å². The molecule has 0 aliphatic carbocycles. The van der Waals surface area contributed by atoms with E-state index in [4.69, 9.17) is 14.4 Å². The number of oxazole rings is 1. The average molecular weight is 725 g/mol. The molecule has 0 N–H and O–H groups in total. The number of hydrogen-bond acceptors (Lipinski definition) is 3. The largest absolute Gasteiger partial charge is 0.435 e. The Labute approximate surface area is 328 Å². The molecule has 0 amide bonds. The highest BCUT2D eigenvalue weighted by molar-refractivity contribution is 6.23. The van der Waals surface area contributed by atoms with Crippen LogP contribution in [0.15, 0.2) is 199 Å². The molecule has 3 nitrogen and oxygen atoms in total. The van der Waals surface area contributed by atoms with Crippen molar-refractivity contribution >= 4 is 75.9 Å². The first-order chi connectivity index (χ1) is 28.2. The predicted molar refractivity (Wildman–Crippen MR) is 239 cm³/mol. The Morgan fingerprint density at radius 3 is 1.49 bits per heavy atom. The third-order valence-corrected chi connectivity index (χ3v) is 11.6. The Kier molecular flexibility index (Phi) is 6.93. The molecule has 0 radical (unpaired) electrons. The normalized spacial score (nSPS) is 11.9. The number of fused-ring (bicyclic) bond motifs is 11. The number of pyridine rings is 1. The number of nitrogens with zero attached hydrogens (tertiary/aromatic N) is 2. The van der Waals surface area contributed by atoms with Crippen LogP contribution in [0.25, 0.3) is 121 Å². The van der Waals surface area contributed by atoms with E-state index in [1.54, 1.807) is 0 Å². The molecule has 0 spiro atoms. The zero-order valence-corrected chi connectivity index (χ0v) is 30.8. The van der Waals surface area contributed by atoms with Crippen LogP contribution < -0.4 is 0 Å². The van der Waals surface area contributed by atoms with Crippen molar-refractivity contribution in [2.75, 3.05) is 0 Å². The summed E-state index contributed by atoms with van der Waals surface area (Å²) in [4.78, 5) is 10.6. The van der Waals surface area contributed by atoms with Crippen LogP contribution >= 0.6 is 0 Å². The van der Waals surface area contributed by atoms with Gasteiger partial charge in [-0.15, -0.1) is 0 Å². The van der Waals surface area contributed by atoms with Crippen molar-refractivity contribution in [2.45, 2.75) is 0 Å². The molecule has 264 valence electrons. The van der Waals surface area contributed by atoms with Crippen molar-refractivity contribution in [3.63, 3.8) is 0 Å². The summed E-state index contributed by atoms with van der Waals surface area (Å²) >= 11 is 0. The van der Waals surface area contributed by atoms with E-state index in [0.717, 1.165) is 66.1 Å². The van der Waals surface area contributed by atoms with Crippen LogP contribution in [0, 0.1) is 0 Å². The van der Waals surface area contributed by atoms with Gasteiger partial charge in [0.2, 0.25) is 5.89 Å². The molecule has 0 saturated carbocycles.